The highest BCUT2D eigenvalue weighted by molar-refractivity contribution is 5.86. The predicted molar refractivity (Wildman–Crippen MR) is 116 cm³/mol. The van der Waals surface area contributed by atoms with Gasteiger partial charge in [-0.3, -0.25) is 0 Å². The minimum atomic E-state index is -0.171. The Morgan fingerprint density at radius 3 is 2.52 bits per heavy atom. The maximum Gasteiger partial charge on any atom is 0.339 e. The maximum absolute atomic E-state index is 12.6. The maximum atomic E-state index is 12.6. The molecule has 1 aliphatic carbocycles. The fraction of sp³-hybridized carbons (Fsp3) is 0.400. The molecule has 0 spiro atoms. The normalized spacial score (nSPS) is 16.8. The summed E-state index contributed by atoms with van der Waals surface area (Å²) < 4.78 is 11.9. The molecule has 4 nitrogen and oxygen atoms in total. The lowest BCUT2D eigenvalue weighted by Crippen LogP contribution is -2.32. The van der Waals surface area contributed by atoms with Crippen LogP contribution in [0.2, 0.25) is 0 Å². The number of hydrogen-bond donors (Lipinski definition) is 0. The van der Waals surface area contributed by atoms with Crippen LogP contribution in [0.5, 0.6) is 5.75 Å². The monoisotopic (exact) mass is 389 g/mol. The zero-order valence-corrected chi connectivity index (χ0v) is 17.2. The van der Waals surface area contributed by atoms with Crippen molar-refractivity contribution in [3.8, 4) is 5.75 Å². The van der Waals surface area contributed by atoms with Gasteiger partial charge in [-0.25, -0.2) is 4.79 Å². The molecule has 4 heteroatoms. The molecule has 1 aliphatic heterocycles. The third-order valence-electron chi connectivity index (χ3n) is 6.62. The number of benzene rings is 2. The molecule has 0 saturated heterocycles. The summed E-state index contributed by atoms with van der Waals surface area (Å²) in [5.74, 6) is 1.38. The van der Waals surface area contributed by atoms with Gasteiger partial charge in [-0.05, 0) is 73.4 Å². The van der Waals surface area contributed by atoms with Crippen molar-refractivity contribution < 1.29 is 9.15 Å². The van der Waals surface area contributed by atoms with Crippen molar-refractivity contribution in [3.05, 3.63) is 69.1 Å². The summed E-state index contributed by atoms with van der Waals surface area (Å²) in [4.78, 5) is 14.8. The Kier molecular flexibility index (Phi) is 4.57. The van der Waals surface area contributed by atoms with Gasteiger partial charge in [0.05, 0.1) is 12.1 Å². The van der Waals surface area contributed by atoms with Gasteiger partial charge in [0.25, 0.3) is 0 Å². The summed E-state index contributed by atoms with van der Waals surface area (Å²) in [6.07, 6.45) is 5.12. The standard InChI is InChI=1S/C25H27NO3/c1-3-16(2)17-8-10-18(11-9-17)26-14-22-23(28-15-26)13-12-20-19-6-4-5-7-21(19)25(27)29-24(20)22/h8-13,16H,3-7,14-15H2,1-2H3. The molecule has 0 amide bonds. The molecule has 1 aromatic heterocycles. The van der Waals surface area contributed by atoms with E-state index in [4.69, 9.17) is 9.15 Å². The second-order valence-corrected chi connectivity index (χ2v) is 8.34. The molecule has 29 heavy (non-hydrogen) atoms. The van der Waals surface area contributed by atoms with Crippen LogP contribution < -0.4 is 15.3 Å². The van der Waals surface area contributed by atoms with Crippen LogP contribution in [0, 0.1) is 0 Å². The van der Waals surface area contributed by atoms with E-state index in [0.717, 1.165) is 60.1 Å². The van der Waals surface area contributed by atoms with Crippen LogP contribution >= 0.6 is 0 Å². The molecule has 0 N–H and O–H groups in total. The van der Waals surface area contributed by atoms with Gasteiger partial charge >= 0.3 is 5.63 Å². The molecule has 2 aromatic carbocycles. The molecule has 5 rings (SSSR count). The second kappa shape index (κ2) is 7.25. The van der Waals surface area contributed by atoms with E-state index in [2.05, 4.69) is 49.1 Å². The van der Waals surface area contributed by atoms with Crippen molar-refractivity contribution in [2.24, 2.45) is 0 Å². The summed E-state index contributed by atoms with van der Waals surface area (Å²) in [5.41, 5.74) is 6.05. The molecule has 0 bridgehead atoms. The number of rotatable bonds is 3. The van der Waals surface area contributed by atoms with Crippen molar-refractivity contribution in [2.45, 2.75) is 58.4 Å². The smallest absolute Gasteiger partial charge is 0.339 e. The lowest BCUT2D eigenvalue weighted by atomic mass is 9.90. The van der Waals surface area contributed by atoms with Gasteiger partial charge in [-0.2, -0.15) is 0 Å². The van der Waals surface area contributed by atoms with E-state index in [0.29, 0.717) is 24.8 Å². The van der Waals surface area contributed by atoms with Crippen molar-refractivity contribution in [3.63, 3.8) is 0 Å². The lowest BCUT2D eigenvalue weighted by Gasteiger charge is -2.31. The van der Waals surface area contributed by atoms with Crippen molar-refractivity contribution in [2.75, 3.05) is 11.6 Å². The predicted octanol–water partition coefficient (Wildman–Crippen LogP) is 5.54. The third kappa shape index (κ3) is 3.11. The van der Waals surface area contributed by atoms with Crippen molar-refractivity contribution in [1.82, 2.24) is 0 Å². The Hall–Kier alpha value is -2.75. The minimum Gasteiger partial charge on any atom is -0.473 e. The van der Waals surface area contributed by atoms with Crippen LogP contribution in [-0.2, 0) is 19.4 Å². The summed E-state index contributed by atoms with van der Waals surface area (Å²) >= 11 is 0. The number of anilines is 1. The van der Waals surface area contributed by atoms with Gasteiger partial charge in [0, 0.05) is 16.6 Å². The van der Waals surface area contributed by atoms with Gasteiger partial charge in [0.1, 0.15) is 11.3 Å². The zero-order valence-electron chi connectivity index (χ0n) is 17.2. The number of aryl methyl sites for hydroxylation is 1. The summed E-state index contributed by atoms with van der Waals surface area (Å²) in [7, 11) is 0. The highest BCUT2D eigenvalue weighted by Gasteiger charge is 2.25. The van der Waals surface area contributed by atoms with Crippen LogP contribution in [0.25, 0.3) is 11.0 Å². The average Bonchev–Trinajstić information content (AvgIpc) is 2.78. The summed E-state index contributed by atoms with van der Waals surface area (Å²) in [6, 6.07) is 12.9. The number of nitrogens with zero attached hydrogens (tertiary/aromatic N) is 1. The molecule has 1 unspecified atom stereocenters. The van der Waals surface area contributed by atoms with Gasteiger partial charge in [-0.15, -0.1) is 0 Å². The lowest BCUT2D eigenvalue weighted by molar-refractivity contribution is 0.289. The Balaban J connectivity index is 1.54. The van der Waals surface area contributed by atoms with E-state index < -0.39 is 0 Å². The van der Waals surface area contributed by atoms with Gasteiger partial charge in [-0.1, -0.05) is 26.0 Å². The molecule has 1 atom stereocenters. The number of fused-ring (bicyclic) bond motifs is 5. The van der Waals surface area contributed by atoms with Crippen LogP contribution in [-0.4, -0.2) is 6.73 Å². The number of hydrogen-bond acceptors (Lipinski definition) is 4. The zero-order chi connectivity index (χ0) is 20.0. The Morgan fingerprint density at radius 2 is 1.76 bits per heavy atom. The van der Waals surface area contributed by atoms with Gasteiger partial charge in [0.2, 0.25) is 0 Å². The van der Waals surface area contributed by atoms with E-state index in [1.807, 2.05) is 6.07 Å². The first-order valence-electron chi connectivity index (χ1n) is 10.7. The highest BCUT2D eigenvalue weighted by atomic mass is 16.5. The van der Waals surface area contributed by atoms with Crippen LogP contribution in [0.3, 0.4) is 0 Å². The van der Waals surface area contributed by atoms with Crippen LogP contribution in [0.4, 0.5) is 5.69 Å². The minimum absolute atomic E-state index is 0.171. The molecule has 3 aromatic rings. The first-order valence-corrected chi connectivity index (χ1v) is 10.7. The fourth-order valence-corrected chi connectivity index (χ4v) is 4.63. The first-order chi connectivity index (χ1) is 14.2. The first kappa shape index (κ1) is 18.3. The number of ether oxygens (including phenoxy) is 1. The molecule has 150 valence electrons. The Bertz CT molecular complexity index is 1110. The van der Waals surface area contributed by atoms with E-state index in [1.54, 1.807) is 0 Å². The van der Waals surface area contributed by atoms with Crippen molar-refractivity contribution >= 4 is 16.7 Å². The van der Waals surface area contributed by atoms with Crippen molar-refractivity contribution in [1.29, 1.82) is 0 Å². The molecule has 2 heterocycles. The average molecular weight is 389 g/mol. The van der Waals surface area contributed by atoms with Crippen LogP contribution in [0.1, 0.15) is 61.3 Å². The van der Waals surface area contributed by atoms with E-state index in [9.17, 15) is 4.79 Å². The van der Waals surface area contributed by atoms with Gasteiger partial charge < -0.3 is 14.1 Å². The molecular weight excluding hydrogens is 362 g/mol. The molecule has 2 aliphatic rings. The van der Waals surface area contributed by atoms with Crippen LogP contribution in [0.15, 0.2) is 45.6 Å². The quantitative estimate of drug-likeness (QED) is 0.552. The SMILES string of the molecule is CCC(C)c1ccc(N2COc3ccc4c5c(c(=O)oc4c3C2)CCCC5)cc1. The molecule has 0 fully saturated rings. The Labute approximate surface area is 171 Å². The van der Waals surface area contributed by atoms with E-state index >= 15 is 0 Å². The molecule has 0 saturated carbocycles. The third-order valence-corrected chi connectivity index (χ3v) is 6.62. The fourth-order valence-electron chi connectivity index (χ4n) is 4.63. The van der Waals surface area contributed by atoms with E-state index in [1.165, 1.54) is 11.1 Å². The second-order valence-electron chi connectivity index (χ2n) is 8.34. The van der Waals surface area contributed by atoms with Gasteiger partial charge in [0.15, 0.2) is 6.73 Å². The Morgan fingerprint density at radius 1 is 1.00 bits per heavy atom. The molecule has 0 radical (unpaired) electrons. The topological polar surface area (TPSA) is 42.7 Å². The largest absolute Gasteiger partial charge is 0.473 e. The summed E-state index contributed by atoms with van der Waals surface area (Å²) in [5, 5.41) is 1.08. The van der Waals surface area contributed by atoms with E-state index in [-0.39, 0.29) is 5.63 Å². The molecular formula is C25H27NO3. The summed E-state index contributed by atoms with van der Waals surface area (Å²) in [6.45, 7) is 5.64. The highest BCUT2D eigenvalue weighted by Crippen LogP contribution is 2.37.